The number of alkyl halides is 2. The Morgan fingerprint density at radius 1 is 1.35 bits per heavy atom. The van der Waals surface area contributed by atoms with E-state index in [0.29, 0.717) is 12.8 Å². The van der Waals surface area contributed by atoms with Gasteiger partial charge in [-0.3, -0.25) is 9.59 Å². The van der Waals surface area contributed by atoms with Crippen LogP contribution < -0.4 is 0 Å². The van der Waals surface area contributed by atoms with Gasteiger partial charge in [-0.05, 0) is 23.5 Å². The van der Waals surface area contributed by atoms with Gasteiger partial charge in [0.05, 0.1) is 24.0 Å². The number of aliphatic carboxylic acids is 1. The zero-order valence-electron chi connectivity index (χ0n) is 10.1. The van der Waals surface area contributed by atoms with E-state index in [9.17, 15) is 18.4 Å². The van der Waals surface area contributed by atoms with Gasteiger partial charge in [0.25, 0.3) is 6.43 Å². The molecule has 5 unspecified atom stereocenters. The lowest BCUT2D eigenvalue weighted by atomic mass is 9.79. The number of azide groups is 1. The average Bonchev–Trinajstić information content (AvgIpc) is 2.97. The van der Waals surface area contributed by atoms with Crippen LogP contribution in [0.3, 0.4) is 0 Å². The fourth-order valence-electron chi connectivity index (χ4n) is 2.66. The Morgan fingerprint density at radius 2 is 1.95 bits per heavy atom. The number of esters is 1. The Hall–Kier alpha value is -1.93. The first kappa shape index (κ1) is 14.5. The highest BCUT2D eigenvalue weighted by atomic mass is 19.3. The largest absolute Gasteiger partial charge is 0.481 e. The number of nitrogens with zero attached hydrogens (tertiary/aromatic N) is 3. The second kappa shape index (κ2) is 5.59. The van der Waals surface area contributed by atoms with Crippen molar-refractivity contribution in [2.75, 3.05) is 0 Å². The van der Waals surface area contributed by atoms with Crippen molar-refractivity contribution in [3.8, 4) is 0 Å². The van der Waals surface area contributed by atoms with Crippen LogP contribution in [0, 0.1) is 11.8 Å². The molecule has 5 atom stereocenters. The van der Waals surface area contributed by atoms with Gasteiger partial charge in [0, 0.05) is 4.91 Å². The number of ether oxygens (including phenoxy) is 2. The summed E-state index contributed by atoms with van der Waals surface area (Å²) < 4.78 is 34.7. The highest BCUT2D eigenvalue weighted by Gasteiger charge is 2.56. The third-order valence-electron chi connectivity index (χ3n) is 3.45. The molecule has 2 fully saturated rings. The maximum atomic E-state index is 12.5. The molecule has 0 amide bonds. The van der Waals surface area contributed by atoms with Gasteiger partial charge in [-0.2, -0.15) is 0 Å². The highest BCUT2D eigenvalue weighted by Crippen LogP contribution is 2.44. The molecule has 0 aromatic heterocycles. The van der Waals surface area contributed by atoms with Gasteiger partial charge in [0.2, 0.25) is 6.23 Å². The predicted octanol–water partition coefficient (Wildman–Crippen LogP) is 1.31. The zero-order valence-corrected chi connectivity index (χ0v) is 10.1. The smallest absolute Gasteiger partial charge is 0.313 e. The number of carboxylic acid groups (broad SMARTS) is 1. The molecule has 2 saturated heterocycles. The van der Waals surface area contributed by atoms with Crippen LogP contribution in [0.2, 0.25) is 0 Å². The van der Waals surface area contributed by atoms with E-state index in [1.807, 2.05) is 0 Å². The summed E-state index contributed by atoms with van der Waals surface area (Å²) in [4.78, 5) is 25.2. The zero-order chi connectivity index (χ0) is 14.9. The number of rotatable bonds is 5. The van der Waals surface area contributed by atoms with Gasteiger partial charge in [-0.1, -0.05) is 0 Å². The van der Waals surface area contributed by atoms with Crippen LogP contribution >= 0.6 is 0 Å². The number of carboxylic acids is 1. The molecule has 8 nitrogen and oxygen atoms in total. The fraction of sp³-hybridized carbons (Fsp3) is 0.800. The van der Waals surface area contributed by atoms with E-state index in [0.717, 1.165) is 0 Å². The molecule has 2 aliphatic heterocycles. The van der Waals surface area contributed by atoms with Crippen LogP contribution in [0.1, 0.15) is 12.8 Å². The van der Waals surface area contributed by atoms with E-state index in [1.54, 1.807) is 0 Å². The lowest BCUT2D eigenvalue weighted by Gasteiger charge is -2.24. The SMILES string of the molecule is [N-]=[N+]=NC(OC(=O)C1C2CCC(O2)C1C(=O)O)C(F)F. The molecule has 0 radical (unpaired) electrons. The molecule has 2 aliphatic rings. The minimum absolute atomic E-state index is 0.467. The van der Waals surface area contributed by atoms with Gasteiger partial charge < -0.3 is 14.6 Å². The minimum Gasteiger partial charge on any atom is -0.481 e. The Balaban J connectivity index is 2.11. The molecular formula is C10H11F2N3O5. The summed E-state index contributed by atoms with van der Waals surface area (Å²) in [6.45, 7) is 0. The van der Waals surface area contributed by atoms with Crippen LogP contribution in [0.15, 0.2) is 5.11 Å². The molecule has 2 heterocycles. The van der Waals surface area contributed by atoms with Crippen molar-refractivity contribution < 1.29 is 33.0 Å². The summed E-state index contributed by atoms with van der Waals surface area (Å²) in [5.74, 6) is -4.65. The molecule has 110 valence electrons. The van der Waals surface area contributed by atoms with Crippen molar-refractivity contribution >= 4 is 11.9 Å². The first-order valence-corrected chi connectivity index (χ1v) is 5.86. The number of halogens is 2. The van der Waals surface area contributed by atoms with Crippen molar-refractivity contribution in [2.24, 2.45) is 17.0 Å². The van der Waals surface area contributed by atoms with E-state index in [2.05, 4.69) is 14.8 Å². The fourth-order valence-corrected chi connectivity index (χ4v) is 2.66. The topological polar surface area (TPSA) is 122 Å². The monoisotopic (exact) mass is 291 g/mol. The Morgan fingerprint density at radius 3 is 2.45 bits per heavy atom. The van der Waals surface area contributed by atoms with Crippen LogP contribution in [0.5, 0.6) is 0 Å². The third-order valence-corrected chi connectivity index (χ3v) is 3.45. The van der Waals surface area contributed by atoms with Crippen molar-refractivity contribution in [1.82, 2.24) is 0 Å². The van der Waals surface area contributed by atoms with E-state index in [4.69, 9.17) is 15.4 Å². The quantitative estimate of drug-likeness (QED) is 0.354. The Bertz CT molecular complexity index is 468. The molecule has 0 spiro atoms. The van der Waals surface area contributed by atoms with E-state index in [-0.39, 0.29) is 0 Å². The maximum absolute atomic E-state index is 12.5. The number of carbonyl (C=O) groups excluding carboxylic acids is 1. The second-order valence-electron chi connectivity index (χ2n) is 4.55. The Labute approximate surface area is 111 Å². The predicted molar refractivity (Wildman–Crippen MR) is 57.5 cm³/mol. The molecule has 0 saturated carbocycles. The minimum atomic E-state index is -3.18. The van der Waals surface area contributed by atoms with Gasteiger partial charge in [0.15, 0.2) is 0 Å². The molecule has 0 aliphatic carbocycles. The molecule has 0 aromatic rings. The Kier molecular flexibility index (Phi) is 4.05. The standard InChI is InChI=1S/C10H11F2N3O5/c11-7(12)8(14-15-13)20-10(18)6-4-2-1-3(19-4)5(6)9(16)17/h3-8H,1-2H2,(H,16,17). The van der Waals surface area contributed by atoms with Gasteiger partial charge in [-0.15, -0.1) is 0 Å². The summed E-state index contributed by atoms with van der Waals surface area (Å²) >= 11 is 0. The number of carbonyl (C=O) groups is 2. The van der Waals surface area contributed by atoms with Crippen LogP contribution in [-0.2, 0) is 19.1 Å². The van der Waals surface area contributed by atoms with Crippen molar-refractivity contribution in [3.05, 3.63) is 10.4 Å². The number of fused-ring (bicyclic) bond motifs is 2. The molecule has 1 N–H and O–H groups in total. The van der Waals surface area contributed by atoms with E-state index in [1.165, 1.54) is 0 Å². The van der Waals surface area contributed by atoms with Crippen LogP contribution in [0.4, 0.5) is 8.78 Å². The molecule has 2 rings (SSSR count). The second-order valence-corrected chi connectivity index (χ2v) is 4.55. The van der Waals surface area contributed by atoms with E-state index >= 15 is 0 Å². The van der Waals surface area contributed by atoms with Crippen molar-refractivity contribution in [1.29, 1.82) is 0 Å². The molecular weight excluding hydrogens is 280 g/mol. The lowest BCUT2D eigenvalue weighted by Crippen LogP contribution is -2.40. The summed E-state index contributed by atoms with van der Waals surface area (Å²) in [7, 11) is 0. The number of hydrogen-bond acceptors (Lipinski definition) is 5. The third kappa shape index (κ3) is 2.52. The first-order chi connectivity index (χ1) is 9.45. The van der Waals surface area contributed by atoms with Crippen molar-refractivity contribution in [2.45, 2.75) is 37.7 Å². The van der Waals surface area contributed by atoms with Gasteiger partial charge in [-0.25, -0.2) is 8.78 Å². The first-order valence-electron chi connectivity index (χ1n) is 5.86. The summed E-state index contributed by atoms with van der Waals surface area (Å²) in [6.07, 6.45) is -5.74. The highest BCUT2D eigenvalue weighted by molar-refractivity contribution is 5.83. The van der Waals surface area contributed by atoms with Gasteiger partial charge >= 0.3 is 11.9 Å². The molecule has 20 heavy (non-hydrogen) atoms. The molecule has 2 bridgehead atoms. The summed E-state index contributed by atoms with van der Waals surface area (Å²) in [5.41, 5.74) is 8.12. The molecule has 10 heteroatoms. The van der Waals surface area contributed by atoms with Crippen LogP contribution in [-0.4, -0.2) is 41.9 Å². The lowest BCUT2D eigenvalue weighted by molar-refractivity contribution is -0.168. The summed E-state index contributed by atoms with van der Waals surface area (Å²) in [6, 6.07) is 0. The number of hydrogen-bond donors (Lipinski definition) is 1. The van der Waals surface area contributed by atoms with E-state index < -0.39 is 48.6 Å². The maximum Gasteiger partial charge on any atom is 0.313 e. The molecule has 0 aromatic carbocycles. The van der Waals surface area contributed by atoms with Crippen molar-refractivity contribution in [3.63, 3.8) is 0 Å². The average molecular weight is 291 g/mol. The van der Waals surface area contributed by atoms with Crippen LogP contribution in [0.25, 0.3) is 10.4 Å². The van der Waals surface area contributed by atoms with Gasteiger partial charge in [0.1, 0.15) is 0 Å². The summed E-state index contributed by atoms with van der Waals surface area (Å²) in [5, 5.41) is 11.7. The normalized spacial score (nSPS) is 32.8.